The summed E-state index contributed by atoms with van der Waals surface area (Å²) >= 11 is 7.61. The Hall–Kier alpha value is -1.98. The molecule has 2 amide bonds. The minimum absolute atomic E-state index is 0.00545. The molecular weight excluding hydrogens is 428 g/mol. The number of amides is 2. The van der Waals surface area contributed by atoms with Crippen molar-refractivity contribution in [1.82, 2.24) is 10.2 Å². The van der Waals surface area contributed by atoms with Crippen molar-refractivity contribution < 1.29 is 9.59 Å². The van der Waals surface area contributed by atoms with E-state index in [0.717, 1.165) is 24.0 Å². The van der Waals surface area contributed by atoms with Crippen molar-refractivity contribution in [2.24, 2.45) is 0 Å². The van der Waals surface area contributed by atoms with E-state index in [-0.39, 0.29) is 17.9 Å². The molecule has 0 unspecified atom stereocenters. The van der Waals surface area contributed by atoms with Gasteiger partial charge in [-0.1, -0.05) is 67.9 Å². The molecule has 168 valence electrons. The van der Waals surface area contributed by atoms with E-state index >= 15 is 0 Å². The van der Waals surface area contributed by atoms with Gasteiger partial charge in [-0.05, 0) is 49.4 Å². The lowest BCUT2D eigenvalue weighted by Gasteiger charge is -2.31. The third-order valence-electron chi connectivity index (χ3n) is 5.25. The number of halogens is 1. The maximum absolute atomic E-state index is 13.2. The monoisotopic (exact) mass is 460 g/mol. The average molecular weight is 461 g/mol. The molecule has 0 aliphatic heterocycles. The van der Waals surface area contributed by atoms with Gasteiger partial charge >= 0.3 is 0 Å². The number of thioether (sulfide) groups is 1. The first kappa shape index (κ1) is 25.3. The van der Waals surface area contributed by atoms with Gasteiger partial charge in [-0.25, -0.2) is 0 Å². The van der Waals surface area contributed by atoms with Crippen molar-refractivity contribution in [2.45, 2.75) is 57.9 Å². The summed E-state index contributed by atoms with van der Waals surface area (Å²) in [6.07, 6.45) is 2.16. The summed E-state index contributed by atoms with van der Waals surface area (Å²) in [5.41, 5.74) is 2.24. The van der Waals surface area contributed by atoms with Crippen LogP contribution in [0.5, 0.6) is 0 Å². The van der Waals surface area contributed by atoms with E-state index in [4.69, 9.17) is 11.6 Å². The van der Waals surface area contributed by atoms with E-state index in [1.807, 2.05) is 63.2 Å². The first-order valence-corrected chi connectivity index (χ1v) is 12.4. The van der Waals surface area contributed by atoms with Gasteiger partial charge in [-0.3, -0.25) is 9.59 Å². The zero-order chi connectivity index (χ0) is 22.6. The van der Waals surface area contributed by atoms with Crippen molar-refractivity contribution in [1.29, 1.82) is 0 Å². The minimum Gasteiger partial charge on any atom is -0.352 e. The van der Waals surface area contributed by atoms with Crippen molar-refractivity contribution in [2.75, 3.05) is 12.3 Å². The smallest absolute Gasteiger partial charge is 0.243 e. The van der Waals surface area contributed by atoms with Crippen molar-refractivity contribution in [3.8, 4) is 0 Å². The van der Waals surface area contributed by atoms with E-state index in [0.29, 0.717) is 29.5 Å². The molecule has 1 N–H and O–H groups in total. The summed E-state index contributed by atoms with van der Waals surface area (Å²) in [5, 5.41) is 3.74. The predicted octanol–water partition coefficient (Wildman–Crippen LogP) is 5.34. The maximum Gasteiger partial charge on any atom is 0.243 e. The first-order chi connectivity index (χ1) is 14.9. The Balaban J connectivity index is 2.06. The fourth-order valence-corrected chi connectivity index (χ4v) is 4.37. The maximum atomic E-state index is 13.2. The number of hydrogen-bond acceptors (Lipinski definition) is 3. The van der Waals surface area contributed by atoms with Gasteiger partial charge in [0.15, 0.2) is 0 Å². The third-order valence-corrected chi connectivity index (χ3v) is 6.48. The van der Waals surface area contributed by atoms with Gasteiger partial charge < -0.3 is 10.2 Å². The minimum atomic E-state index is -0.461. The van der Waals surface area contributed by atoms with Gasteiger partial charge in [0.2, 0.25) is 11.8 Å². The van der Waals surface area contributed by atoms with Crippen LogP contribution in [-0.4, -0.2) is 41.1 Å². The first-order valence-electron chi connectivity index (χ1n) is 10.9. The molecule has 4 nitrogen and oxygen atoms in total. The SMILES string of the molecule is CC[C@H](C)NC(=O)[C@H](CC)N(CCc1ccccc1)C(=O)CSCc1cccc(Cl)c1. The normalized spacial score (nSPS) is 12.8. The Morgan fingerprint density at radius 1 is 1.03 bits per heavy atom. The van der Waals surface area contributed by atoms with Gasteiger partial charge in [0.25, 0.3) is 0 Å². The molecule has 0 aromatic heterocycles. The van der Waals surface area contributed by atoms with Crippen LogP contribution in [0.1, 0.15) is 44.7 Å². The van der Waals surface area contributed by atoms with Crippen molar-refractivity contribution >= 4 is 35.2 Å². The average Bonchev–Trinajstić information content (AvgIpc) is 2.77. The highest BCUT2D eigenvalue weighted by Gasteiger charge is 2.28. The molecule has 0 radical (unpaired) electrons. The van der Waals surface area contributed by atoms with Crippen molar-refractivity contribution in [3.05, 3.63) is 70.7 Å². The fraction of sp³-hybridized carbons (Fsp3) is 0.440. The molecule has 2 rings (SSSR count). The number of carbonyl (C=O) groups is 2. The van der Waals surface area contributed by atoms with E-state index in [1.54, 1.807) is 16.7 Å². The molecule has 0 aliphatic rings. The quantitative estimate of drug-likeness (QED) is 0.465. The molecule has 2 atom stereocenters. The van der Waals surface area contributed by atoms with Crippen LogP contribution >= 0.6 is 23.4 Å². The number of benzene rings is 2. The Kier molecular flexibility index (Phi) is 11.0. The molecule has 6 heteroatoms. The summed E-state index contributed by atoms with van der Waals surface area (Å²) in [6.45, 7) is 6.51. The number of rotatable bonds is 12. The van der Waals surface area contributed by atoms with Crippen LogP contribution in [0.25, 0.3) is 0 Å². The van der Waals surface area contributed by atoms with Crippen LogP contribution in [0.2, 0.25) is 5.02 Å². The molecule has 2 aromatic rings. The standard InChI is InChI=1S/C25H33ClN2O2S/c1-4-19(3)27-25(30)23(5-2)28(15-14-20-10-7-6-8-11-20)24(29)18-31-17-21-12-9-13-22(26)16-21/h6-13,16,19,23H,4-5,14-15,17-18H2,1-3H3,(H,27,30)/t19-,23-/m0/s1. The molecule has 31 heavy (non-hydrogen) atoms. The van der Waals surface area contributed by atoms with Crippen LogP contribution < -0.4 is 5.32 Å². The lowest BCUT2D eigenvalue weighted by Crippen LogP contribution is -2.52. The van der Waals surface area contributed by atoms with Crippen molar-refractivity contribution in [3.63, 3.8) is 0 Å². The van der Waals surface area contributed by atoms with Gasteiger partial charge in [0, 0.05) is 23.4 Å². The highest BCUT2D eigenvalue weighted by atomic mass is 35.5. The second-order valence-electron chi connectivity index (χ2n) is 7.69. The zero-order valence-corrected chi connectivity index (χ0v) is 20.2. The van der Waals surface area contributed by atoms with E-state index in [2.05, 4.69) is 17.4 Å². The summed E-state index contributed by atoms with van der Waals surface area (Å²) in [7, 11) is 0. The topological polar surface area (TPSA) is 49.4 Å². The fourth-order valence-electron chi connectivity index (χ4n) is 3.30. The molecule has 0 heterocycles. The Morgan fingerprint density at radius 2 is 1.74 bits per heavy atom. The summed E-state index contributed by atoms with van der Waals surface area (Å²) in [6, 6.07) is 17.4. The molecule has 0 aliphatic carbocycles. The zero-order valence-electron chi connectivity index (χ0n) is 18.6. The predicted molar refractivity (Wildman–Crippen MR) is 131 cm³/mol. The molecular formula is C25H33ClN2O2S. The largest absolute Gasteiger partial charge is 0.352 e. The van der Waals surface area contributed by atoms with Crippen LogP contribution in [0.4, 0.5) is 0 Å². The van der Waals surface area contributed by atoms with Gasteiger partial charge in [-0.2, -0.15) is 0 Å². The molecule has 0 saturated heterocycles. The van der Waals surface area contributed by atoms with E-state index in [9.17, 15) is 9.59 Å². The summed E-state index contributed by atoms with van der Waals surface area (Å²) in [5.74, 6) is 0.954. The summed E-state index contributed by atoms with van der Waals surface area (Å²) < 4.78 is 0. The van der Waals surface area contributed by atoms with E-state index < -0.39 is 6.04 Å². The van der Waals surface area contributed by atoms with Gasteiger partial charge in [0.1, 0.15) is 6.04 Å². The Labute approximate surface area is 195 Å². The lowest BCUT2D eigenvalue weighted by atomic mass is 10.1. The Morgan fingerprint density at radius 3 is 2.39 bits per heavy atom. The number of nitrogens with one attached hydrogen (secondary N) is 1. The van der Waals surface area contributed by atoms with Crippen LogP contribution in [0.3, 0.4) is 0 Å². The summed E-state index contributed by atoms with van der Waals surface area (Å²) in [4.78, 5) is 27.8. The number of nitrogens with zero attached hydrogens (tertiary/aromatic N) is 1. The van der Waals surface area contributed by atoms with Gasteiger partial charge in [0.05, 0.1) is 5.75 Å². The van der Waals surface area contributed by atoms with Gasteiger partial charge in [-0.15, -0.1) is 11.8 Å². The number of hydrogen-bond donors (Lipinski definition) is 1. The second kappa shape index (κ2) is 13.4. The molecule has 0 spiro atoms. The van der Waals surface area contributed by atoms with Crippen LogP contribution in [0, 0.1) is 0 Å². The molecule has 2 aromatic carbocycles. The highest BCUT2D eigenvalue weighted by Crippen LogP contribution is 2.18. The Bertz CT molecular complexity index is 831. The van der Waals surface area contributed by atoms with Crippen LogP contribution in [-0.2, 0) is 21.8 Å². The van der Waals surface area contributed by atoms with Crippen LogP contribution in [0.15, 0.2) is 54.6 Å². The second-order valence-corrected chi connectivity index (χ2v) is 9.11. The third kappa shape index (κ3) is 8.58. The molecule has 0 saturated carbocycles. The lowest BCUT2D eigenvalue weighted by molar-refractivity contribution is -0.139. The molecule has 0 fully saturated rings. The highest BCUT2D eigenvalue weighted by molar-refractivity contribution is 7.99. The molecule has 0 bridgehead atoms. The van der Waals surface area contributed by atoms with E-state index in [1.165, 1.54) is 0 Å². The number of carbonyl (C=O) groups excluding carboxylic acids is 2.